The molecule has 6 heteroatoms. The number of carbonyl (C=O) groups excluding carboxylic acids is 3. The van der Waals surface area contributed by atoms with Crippen molar-refractivity contribution < 1.29 is 14.4 Å². The molecule has 3 aliphatic rings. The first-order valence-corrected chi connectivity index (χ1v) is 17.2. The van der Waals surface area contributed by atoms with Crippen LogP contribution < -0.4 is 16.0 Å². The Balaban J connectivity index is 1.44. The molecule has 3 aliphatic carbocycles. The molecule has 0 radical (unpaired) electrons. The number of rotatable bonds is 12. The summed E-state index contributed by atoms with van der Waals surface area (Å²) in [4.78, 5) is 39.7. The molecule has 0 saturated heterocycles. The average Bonchev–Trinajstić information content (AvgIpc) is 2.98. The highest BCUT2D eigenvalue weighted by atomic mass is 16.2. The standard InChI is InChI=1S/C36H55N3O3/c1-4-7-25-10-16-28(17-11-25)34(40)37-31-22-32(38-35(41)29-18-12-26(8-5-2)13-19-29)24-33(23-31)39-36(42)30-20-14-27(9-6-3)15-21-30/h16,22-27,29-30H,4-15,17-21H2,1-3H3,(H,37,40)(H,38,41)(H,39,42)/t25-,26?,27?,29?,30?/m1/s1. The smallest absolute Gasteiger partial charge is 0.251 e. The van der Waals surface area contributed by atoms with Gasteiger partial charge in [0.05, 0.1) is 0 Å². The van der Waals surface area contributed by atoms with E-state index in [1.54, 1.807) is 0 Å². The van der Waals surface area contributed by atoms with E-state index in [-0.39, 0.29) is 29.6 Å². The number of anilines is 3. The van der Waals surface area contributed by atoms with Gasteiger partial charge < -0.3 is 16.0 Å². The van der Waals surface area contributed by atoms with Crippen LogP contribution in [-0.2, 0) is 14.4 Å². The highest BCUT2D eigenvalue weighted by molar-refractivity contribution is 6.05. The molecule has 1 aromatic carbocycles. The Morgan fingerprint density at radius 3 is 1.43 bits per heavy atom. The summed E-state index contributed by atoms with van der Waals surface area (Å²) in [5, 5.41) is 9.33. The average molecular weight is 578 g/mol. The van der Waals surface area contributed by atoms with E-state index in [9.17, 15) is 14.4 Å². The van der Waals surface area contributed by atoms with Crippen LogP contribution in [0.3, 0.4) is 0 Å². The largest absolute Gasteiger partial charge is 0.326 e. The number of carbonyl (C=O) groups is 3. The number of allylic oxidation sites excluding steroid dienone is 1. The third-order valence-corrected chi connectivity index (χ3v) is 10.1. The van der Waals surface area contributed by atoms with Gasteiger partial charge in [0.1, 0.15) is 0 Å². The summed E-state index contributed by atoms with van der Waals surface area (Å²) in [6.45, 7) is 6.67. The zero-order valence-electron chi connectivity index (χ0n) is 26.4. The fraction of sp³-hybridized carbons (Fsp3) is 0.694. The van der Waals surface area contributed by atoms with Gasteiger partial charge in [-0.2, -0.15) is 0 Å². The Morgan fingerprint density at radius 2 is 1.02 bits per heavy atom. The predicted molar refractivity (Wildman–Crippen MR) is 173 cm³/mol. The van der Waals surface area contributed by atoms with E-state index >= 15 is 0 Å². The SMILES string of the molecule is CCCC1CCC(C(=O)Nc2cc(NC(=O)C3=CC[C@@H](CCC)CC3)cc(NC(=O)C3CCC(CCC)CC3)c2)CC1. The molecule has 1 atom stereocenters. The second-order valence-corrected chi connectivity index (χ2v) is 13.4. The number of amides is 3. The molecule has 3 amide bonds. The van der Waals surface area contributed by atoms with Crippen LogP contribution >= 0.6 is 0 Å². The van der Waals surface area contributed by atoms with Crippen molar-refractivity contribution in [3.05, 3.63) is 29.8 Å². The lowest BCUT2D eigenvalue weighted by Gasteiger charge is -2.28. The summed E-state index contributed by atoms with van der Waals surface area (Å²) in [5.74, 6) is 2.15. The lowest BCUT2D eigenvalue weighted by atomic mass is 9.79. The molecule has 232 valence electrons. The van der Waals surface area contributed by atoms with Crippen LogP contribution in [-0.4, -0.2) is 17.7 Å². The molecule has 0 heterocycles. The van der Waals surface area contributed by atoms with E-state index in [4.69, 9.17) is 0 Å². The van der Waals surface area contributed by atoms with Crippen LogP contribution in [0.15, 0.2) is 29.8 Å². The first kappa shape index (κ1) is 32.3. The Kier molecular flexibility index (Phi) is 12.5. The van der Waals surface area contributed by atoms with Crippen molar-refractivity contribution in [2.75, 3.05) is 16.0 Å². The maximum Gasteiger partial charge on any atom is 0.251 e. The fourth-order valence-corrected chi connectivity index (χ4v) is 7.55. The normalized spacial score (nSPS) is 26.2. The van der Waals surface area contributed by atoms with Crippen molar-refractivity contribution in [1.82, 2.24) is 0 Å². The quantitative estimate of drug-likeness (QED) is 0.231. The van der Waals surface area contributed by atoms with Crippen LogP contribution in [0.1, 0.15) is 130 Å². The molecule has 0 unspecified atom stereocenters. The van der Waals surface area contributed by atoms with Crippen LogP contribution in [0.25, 0.3) is 0 Å². The van der Waals surface area contributed by atoms with E-state index in [0.29, 0.717) is 23.0 Å². The van der Waals surface area contributed by atoms with Gasteiger partial charge in [0.25, 0.3) is 5.91 Å². The molecule has 6 nitrogen and oxygen atoms in total. The highest BCUT2D eigenvalue weighted by Gasteiger charge is 2.28. The van der Waals surface area contributed by atoms with E-state index in [1.807, 2.05) is 18.2 Å². The van der Waals surface area contributed by atoms with Crippen molar-refractivity contribution in [3.8, 4) is 0 Å². The molecule has 0 aliphatic heterocycles. The Hall–Kier alpha value is -2.63. The summed E-state index contributed by atoms with van der Waals surface area (Å²) in [6, 6.07) is 5.49. The molecular weight excluding hydrogens is 522 g/mol. The van der Waals surface area contributed by atoms with Gasteiger partial charge in [-0.15, -0.1) is 0 Å². The topological polar surface area (TPSA) is 87.3 Å². The minimum Gasteiger partial charge on any atom is -0.326 e. The summed E-state index contributed by atoms with van der Waals surface area (Å²) in [6.07, 6.45) is 20.3. The monoisotopic (exact) mass is 577 g/mol. The van der Waals surface area contributed by atoms with E-state index < -0.39 is 0 Å². The first-order valence-electron chi connectivity index (χ1n) is 17.2. The molecule has 42 heavy (non-hydrogen) atoms. The minimum absolute atomic E-state index is 0.0103. The van der Waals surface area contributed by atoms with Gasteiger partial charge in [-0.1, -0.05) is 65.4 Å². The maximum absolute atomic E-state index is 13.3. The van der Waals surface area contributed by atoms with Crippen LogP contribution in [0.4, 0.5) is 17.1 Å². The van der Waals surface area contributed by atoms with Crippen LogP contribution in [0.5, 0.6) is 0 Å². The molecule has 0 spiro atoms. The van der Waals surface area contributed by atoms with E-state index in [0.717, 1.165) is 88.0 Å². The molecule has 2 fully saturated rings. The minimum atomic E-state index is -0.0887. The van der Waals surface area contributed by atoms with Gasteiger partial charge in [-0.3, -0.25) is 14.4 Å². The predicted octanol–water partition coefficient (Wildman–Crippen LogP) is 9.24. The molecule has 2 saturated carbocycles. The molecular formula is C36H55N3O3. The third-order valence-electron chi connectivity index (χ3n) is 10.1. The maximum atomic E-state index is 13.3. The highest BCUT2D eigenvalue weighted by Crippen LogP contribution is 2.35. The second kappa shape index (κ2) is 16.3. The summed E-state index contributed by atoms with van der Waals surface area (Å²) < 4.78 is 0. The molecule has 0 bridgehead atoms. The van der Waals surface area contributed by atoms with Crippen molar-refractivity contribution >= 4 is 34.8 Å². The fourth-order valence-electron chi connectivity index (χ4n) is 7.55. The van der Waals surface area contributed by atoms with Crippen LogP contribution in [0.2, 0.25) is 0 Å². The van der Waals surface area contributed by atoms with Gasteiger partial charge >= 0.3 is 0 Å². The van der Waals surface area contributed by atoms with Gasteiger partial charge in [0.15, 0.2) is 0 Å². The van der Waals surface area contributed by atoms with Crippen LogP contribution in [0, 0.1) is 29.6 Å². The number of nitrogens with one attached hydrogen (secondary N) is 3. The van der Waals surface area contributed by atoms with Gasteiger partial charge in [0.2, 0.25) is 11.8 Å². The van der Waals surface area contributed by atoms with Gasteiger partial charge in [-0.25, -0.2) is 0 Å². The van der Waals surface area contributed by atoms with Crippen molar-refractivity contribution in [2.24, 2.45) is 29.6 Å². The Labute approximate surface area is 254 Å². The second-order valence-electron chi connectivity index (χ2n) is 13.4. The molecule has 0 aromatic heterocycles. The summed E-state index contributed by atoms with van der Waals surface area (Å²) in [5.41, 5.74) is 2.67. The van der Waals surface area contributed by atoms with Gasteiger partial charge in [-0.05, 0) is 107 Å². The Morgan fingerprint density at radius 1 is 0.595 bits per heavy atom. The number of hydrogen-bond donors (Lipinski definition) is 3. The summed E-state index contributed by atoms with van der Waals surface area (Å²) >= 11 is 0. The van der Waals surface area contributed by atoms with Crippen molar-refractivity contribution in [3.63, 3.8) is 0 Å². The third kappa shape index (κ3) is 9.44. The number of benzene rings is 1. The lowest BCUT2D eigenvalue weighted by molar-refractivity contribution is -0.121. The number of hydrogen-bond acceptors (Lipinski definition) is 3. The van der Waals surface area contributed by atoms with E-state index in [2.05, 4.69) is 42.8 Å². The lowest BCUT2D eigenvalue weighted by Crippen LogP contribution is -2.28. The first-order chi connectivity index (χ1) is 20.4. The zero-order valence-corrected chi connectivity index (χ0v) is 26.4. The molecule has 3 N–H and O–H groups in total. The van der Waals surface area contributed by atoms with E-state index in [1.165, 1.54) is 38.5 Å². The van der Waals surface area contributed by atoms with Gasteiger partial charge in [0, 0.05) is 34.5 Å². The molecule has 4 rings (SSSR count). The molecule has 1 aromatic rings. The van der Waals surface area contributed by atoms with Crippen molar-refractivity contribution in [1.29, 1.82) is 0 Å². The summed E-state index contributed by atoms with van der Waals surface area (Å²) in [7, 11) is 0. The van der Waals surface area contributed by atoms with Crippen molar-refractivity contribution in [2.45, 2.75) is 130 Å². The Bertz CT molecular complexity index is 1020. The zero-order chi connectivity index (χ0) is 29.9.